The number of benzene rings is 3. The molecule has 4 rings (SSSR count). The van der Waals surface area contributed by atoms with Crippen molar-refractivity contribution < 1.29 is 19.1 Å². The molecule has 0 unspecified atom stereocenters. The van der Waals surface area contributed by atoms with Gasteiger partial charge in [0.1, 0.15) is 12.4 Å². The molecule has 0 atom stereocenters. The lowest BCUT2D eigenvalue weighted by molar-refractivity contribution is -0.114. The summed E-state index contributed by atoms with van der Waals surface area (Å²) in [5.41, 5.74) is 2.11. The molecule has 1 aliphatic rings. The Morgan fingerprint density at radius 3 is 2.06 bits per heavy atom. The second kappa shape index (κ2) is 9.31. The summed E-state index contributed by atoms with van der Waals surface area (Å²) in [5.74, 6) is -0.512. The third-order valence-corrected chi connectivity index (χ3v) is 5.10. The Bertz CT molecular complexity index is 1130. The number of imide groups is 1. The first-order valence-electron chi connectivity index (χ1n) is 10.3. The summed E-state index contributed by atoms with van der Waals surface area (Å²) in [4.78, 5) is 41.3. The molecule has 0 saturated heterocycles. The lowest BCUT2D eigenvalue weighted by Crippen LogP contribution is -2.43. The first-order valence-corrected chi connectivity index (χ1v) is 10.3. The summed E-state index contributed by atoms with van der Waals surface area (Å²) in [5, 5.41) is 0. The number of fused-ring (bicyclic) bond motifs is 1. The van der Waals surface area contributed by atoms with Gasteiger partial charge in [-0.25, -0.2) is 0 Å². The van der Waals surface area contributed by atoms with Crippen LogP contribution in [0.2, 0.25) is 0 Å². The number of hydrogen-bond acceptors (Lipinski definition) is 4. The maximum atomic E-state index is 13.2. The van der Waals surface area contributed by atoms with Crippen molar-refractivity contribution in [3.63, 3.8) is 0 Å². The van der Waals surface area contributed by atoms with E-state index in [0.717, 1.165) is 10.5 Å². The van der Waals surface area contributed by atoms with Gasteiger partial charge in [0.2, 0.25) is 0 Å². The molecule has 0 spiro atoms. The zero-order valence-corrected chi connectivity index (χ0v) is 17.6. The summed E-state index contributed by atoms with van der Waals surface area (Å²) in [6, 6.07) is 23.1. The highest BCUT2D eigenvalue weighted by atomic mass is 16.5. The topological polar surface area (TPSA) is 66.9 Å². The van der Waals surface area contributed by atoms with Crippen LogP contribution in [0.4, 0.5) is 5.69 Å². The van der Waals surface area contributed by atoms with E-state index in [2.05, 4.69) is 0 Å². The minimum Gasteiger partial charge on any atom is -0.494 e. The third kappa shape index (κ3) is 4.30. The molecule has 0 bridgehead atoms. The van der Waals surface area contributed by atoms with E-state index < -0.39 is 11.8 Å². The maximum Gasteiger partial charge on any atom is 0.263 e. The van der Waals surface area contributed by atoms with Crippen LogP contribution in [0.5, 0.6) is 5.75 Å². The Labute approximate surface area is 186 Å². The molecule has 6 heteroatoms. The van der Waals surface area contributed by atoms with E-state index in [1.807, 2.05) is 37.3 Å². The van der Waals surface area contributed by atoms with E-state index in [0.29, 0.717) is 29.2 Å². The predicted octanol–water partition coefficient (Wildman–Crippen LogP) is 4.39. The summed E-state index contributed by atoms with van der Waals surface area (Å²) < 4.78 is 5.48. The minimum atomic E-state index is -0.415. The Morgan fingerprint density at radius 2 is 1.47 bits per heavy atom. The first-order chi connectivity index (χ1) is 15.6. The zero-order chi connectivity index (χ0) is 22.5. The van der Waals surface area contributed by atoms with Gasteiger partial charge in [-0.05, 0) is 55.0 Å². The van der Waals surface area contributed by atoms with Gasteiger partial charge in [-0.2, -0.15) is 0 Å². The number of ether oxygens (including phenoxy) is 1. The summed E-state index contributed by atoms with van der Waals surface area (Å²) in [7, 11) is 0. The van der Waals surface area contributed by atoms with Gasteiger partial charge >= 0.3 is 0 Å². The highest BCUT2D eigenvalue weighted by molar-refractivity contribution is 6.21. The second-order valence-electron chi connectivity index (χ2n) is 7.16. The molecule has 1 heterocycles. The highest BCUT2D eigenvalue weighted by Gasteiger charge is 2.36. The Kier molecular flexibility index (Phi) is 6.12. The first kappa shape index (κ1) is 21.1. The van der Waals surface area contributed by atoms with Gasteiger partial charge < -0.3 is 4.74 Å². The van der Waals surface area contributed by atoms with Crippen molar-refractivity contribution in [1.29, 1.82) is 0 Å². The van der Waals surface area contributed by atoms with Crippen LogP contribution < -0.4 is 9.64 Å². The standard InChI is InChI=1S/C26H22N2O4/c1-2-32-21-15-13-20(14-16-21)27(24(29)17-12-19-8-4-3-5-9-19)18-28-25(30)22-10-6-7-11-23(22)26(28)31/h3-17H,2,18H2,1H3. The molecule has 3 aromatic carbocycles. The molecule has 0 saturated carbocycles. The number of carbonyl (C=O) groups is 3. The van der Waals surface area contributed by atoms with Crippen molar-refractivity contribution in [2.75, 3.05) is 18.2 Å². The fourth-order valence-electron chi connectivity index (χ4n) is 3.50. The number of amides is 3. The molecular weight excluding hydrogens is 404 g/mol. The number of rotatable bonds is 7. The minimum absolute atomic E-state index is 0.196. The van der Waals surface area contributed by atoms with Crippen LogP contribution in [0.15, 0.2) is 84.9 Å². The van der Waals surface area contributed by atoms with E-state index in [1.165, 1.54) is 11.0 Å². The lowest BCUT2D eigenvalue weighted by Gasteiger charge is -2.26. The molecule has 160 valence electrons. The molecule has 0 aromatic heterocycles. The number of hydrogen-bond donors (Lipinski definition) is 0. The summed E-state index contributed by atoms with van der Waals surface area (Å²) >= 11 is 0. The van der Waals surface area contributed by atoms with Gasteiger partial charge in [-0.1, -0.05) is 42.5 Å². The molecule has 3 aromatic rings. The Hall–Kier alpha value is -4.19. The third-order valence-electron chi connectivity index (χ3n) is 5.10. The summed E-state index contributed by atoms with van der Waals surface area (Å²) in [6.07, 6.45) is 3.14. The van der Waals surface area contributed by atoms with Crippen molar-refractivity contribution in [3.8, 4) is 5.75 Å². The molecule has 0 aliphatic carbocycles. The molecule has 0 N–H and O–H groups in total. The van der Waals surface area contributed by atoms with E-state index in [-0.39, 0.29) is 12.6 Å². The number of nitrogens with zero attached hydrogens (tertiary/aromatic N) is 2. The van der Waals surface area contributed by atoms with Gasteiger partial charge in [0, 0.05) is 11.8 Å². The van der Waals surface area contributed by atoms with Crippen LogP contribution in [0, 0.1) is 0 Å². The van der Waals surface area contributed by atoms with Crippen LogP contribution >= 0.6 is 0 Å². The predicted molar refractivity (Wildman–Crippen MR) is 122 cm³/mol. The molecule has 0 fully saturated rings. The zero-order valence-electron chi connectivity index (χ0n) is 17.6. The quantitative estimate of drug-likeness (QED) is 0.415. The van der Waals surface area contributed by atoms with E-state index >= 15 is 0 Å². The average molecular weight is 426 g/mol. The molecule has 3 amide bonds. The van der Waals surface area contributed by atoms with Crippen LogP contribution in [-0.2, 0) is 4.79 Å². The van der Waals surface area contributed by atoms with Gasteiger partial charge in [-0.15, -0.1) is 0 Å². The summed E-state index contributed by atoms with van der Waals surface area (Å²) in [6.45, 7) is 2.22. The van der Waals surface area contributed by atoms with E-state index in [4.69, 9.17) is 4.74 Å². The lowest BCUT2D eigenvalue weighted by atomic mass is 10.1. The van der Waals surface area contributed by atoms with Gasteiger partial charge in [0.25, 0.3) is 17.7 Å². The Balaban J connectivity index is 1.63. The van der Waals surface area contributed by atoms with Crippen LogP contribution in [0.25, 0.3) is 6.08 Å². The van der Waals surface area contributed by atoms with E-state index in [1.54, 1.807) is 54.6 Å². The van der Waals surface area contributed by atoms with Crippen molar-refractivity contribution in [3.05, 3.63) is 102 Å². The van der Waals surface area contributed by atoms with E-state index in [9.17, 15) is 14.4 Å². The van der Waals surface area contributed by atoms with Gasteiger partial charge in [-0.3, -0.25) is 24.2 Å². The van der Waals surface area contributed by atoms with Crippen molar-refractivity contribution in [2.45, 2.75) is 6.92 Å². The van der Waals surface area contributed by atoms with Crippen molar-refractivity contribution >= 4 is 29.5 Å². The molecular formula is C26H22N2O4. The Morgan fingerprint density at radius 1 is 0.875 bits per heavy atom. The molecule has 1 aliphatic heterocycles. The molecule has 32 heavy (non-hydrogen) atoms. The fraction of sp³-hybridized carbons (Fsp3) is 0.115. The smallest absolute Gasteiger partial charge is 0.263 e. The van der Waals surface area contributed by atoms with Gasteiger partial charge in [0.15, 0.2) is 0 Å². The van der Waals surface area contributed by atoms with Crippen molar-refractivity contribution in [2.24, 2.45) is 0 Å². The number of anilines is 1. The maximum absolute atomic E-state index is 13.2. The SMILES string of the molecule is CCOc1ccc(N(CN2C(=O)c3ccccc3C2=O)C(=O)C=Cc2ccccc2)cc1. The van der Waals surface area contributed by atoms with Crippen molar-refractivity contribution in [1.82, 2.24) is 4.90 Å². The highest BCUT2D eigenvalue weighted by Crippen LogP contribution is 2.26. The monoisotopic (exact) mass is 426 g/mol. The average Bonchev–Trinajstić information content (AvgIpc) is 3.07. The fourth-order valence-corrected chi connectivity index (χ4v) is 3.50. The van der Waals surface area contributed by atoms with Crippen LogP contribution in [0.3, 0.4) is 0 Å². The molecule has 6 nitrogen and oxygen atoms in total. The normalized spacial score (nSPS) is 12.8. The number of carbonyl (C=O) groups excluding carboxylic acids is 3. The molecule has 0 radical (unpaired) electrons. The second-order valence-corrected chi connectivity index (χ2v) is 7.16. The van der Waals surface area contributed by atoms with Crippen LogP contribution in [-0.4, -0.2) is 35.9 Å². The van der Waals surface area contributed by atoms with Crippen LogP contribution in [0.1, 0.15) is 33.2 Å². The largest absolute Gasteiger partial charge is 0.494 e. The van der Waals surface area contributed by atoms with Gasteiger partial charge in [0.05, 0.1) is 17.7 Å².